The summed E-state index contributed by atoms with van der Waals surface area (Å²) in [6.45, 7) is 8.86. The van der Waals surface area contributed by atoms with Gasteiger partial charge in [-0.25, -0.2) is 0 Å². The topological polar surface area (TPSA) is 20.3 Å². The van der Waals surface area contributed by atoms with Crippen molar-refractivity contribution in [3.63, 3.8) is 0 Å². The maximum Gasteiger partial charge on any atom is 0.220 e. The highest BCUT2D eigenvalue weighted by molar-refractivity contribution is 6.79. The van der Waals surface area contributed by atoms with E-state index in [1.54, 1.807) is 0 Å². The largest absolute Gasteiger partial charge is 0.361 e. The summed E-state index contributed by atoms with van der Waals surface area (Å²) in [6, 6.07) is 14.4. The Labute approximate surface area is 117 Å². The standard InChI is InChI=1S/C16H25NOSi/c1-5-19(6-2,7-3)17-15(13(4)16(17)18)14-11-9-8-10-12-14/h8-13,15H,5-7H2,1-4H3/t13-,15-/m1/s1. The van der Waals surface area contributed by atoms with E-state index in [2.05, 4.69) is 56.5 Å². The second kappa shape index (κ2) is 5.49. The lowest BCUT2D eigenvalue weighted by molar-refractivity contribution is -0.147. The van der Waals surface area contributed by atoms with Gasteiger partial charge in [-0.15, -0.1) is 0 Å². The third-order valence-electron chi connectivity index (χ3n) is 5.01. The van der Waals surface area contributed by atoms with Crippen molar-refractivity contribution < 1.29 is 4.79 Å². The van der Waals surface area contributed by atoms with Gasteiger partial charge >= 0.3 is 0 Å². The summed E-state index contributed by atoms with van der Waals surface area (Å²) >= 11 is 0. The van der Waals surface area contributed by atoms with Gasteiger partial charge in [0.25, 0.3) is 0 Å². The van der Waals surface area contributed by atoms with Crippen LogP contribution in [0.1, 0.15) is 39.3 Å². The molecule has 1 aromatic rings. The zero-order valence-corrected chi connectivity index (χ0v) is 13.5. The van der Waals surface area contributed by atoms with Crippen LogP contribution >= 0.6 is 0 Å². The lowest BCUT2D eigenvalue weighted by Gasteiger charge is -2.56. The molecule has 0 spiro atoms. The Bertz CT molecular complexity index is 433. The van der Waals surface area contributed by atoms with Crippen LogP contribution in [0.3, 0.4) is 0 Å². The van der Waals surface area contributed by atoms with Crippen molar-refractivity contribution in [2.45, 2.75) is 51.9 Å². The molecule has 19 heavy (non-hydrogen) atoms. The number of hydrogen-bond donors (Lipinski definition) is 0. The normalized spacial score (nSPS) is 23.4. The molecular formula is C16H25NOSi. The Morgan fingerprint density at radius 1 is 1.05 bits per heavy atom. The van der Waals surface area contributed by atoms with Crippen molar-refractivity contribution in [2.24, 2.45) is 5.92 Å². The molecule has 104 valence electrons. The lowest BCUT2D eigenvalue weighted by atomic mass is 9.87. The number of hydrogen-bond acceptors (Lipinski definition) is 1. The van der Waals surface area contributed by atoms with Gasteiger partial charge in [-0.2, -0.15) is 0 Å². The molecule has 1 amide bonds. The van der Waals surface area contributed by atoms with Gasteiger partial charge in [-0.05, 0) is 23.7 Å². The number of carbonyl (C=O) groups is 1. The first-order valence-corrected chi connectivity index (χ1v) is 10.1. The number of rotatable bonds is 5. The molecule has 0 aromatic heterocycles. The van der Waals surface area contributed by atoms with Crippen LogP contribution in [0.5, 0.6) is 0 Å². The molecule has 1 aromatic carbocycles. The molecular weight excluding hydrogens is 250 g/mol. The second-order valence-electron chi connectivity index (χ2n) is 5.64. The van der Waals surface area contributed by atoms with Crippen LogP contribution in [0.4, 0.5) is 0 Å². The minimum absolute atomic E-state index is 0.152. The molecule has 0 saturated carbocycles. The molecule has 2 nitrogen and oxygen atoms in total. The molecule has 1 saturated heterocycles. The van der Waals surface area contributed by atoms with E-state index in [4.69, 9.17) is 0 Å². The van der Waals surface area contributed by atoms with Crippen LogP contribution in [-0.2, 0) is 4.79 Å². The predicted molar refractivity (Wildman–Crippen MR) is 82.4 cm³/mol. The van der Waals surface area contributed by atoms with Crippen LogP contribution in [0.25, 0.3) is 0 Å². The Kier molecular flexibility index (Phi) is 4.14. The molecule has 2 rings (SSSR count). The second-order valence-corrected chi connectivity index (χ2v) is 10.7. The van der Waals surface area contributed by atoms with Gasteiger partial charge in [0.05, 0.1) is 12.0 Å². The van der Waals surface area contributed by atoms with Crippen LogP contribution in [0, 0.1) is 5.92 Å². The van der Waals surface area contributed by atoms with E-state index < -0.39 is 8.24 Å². The number of amides is 1. The molecule has 1 aliphatic heterocycles. The van der Waals surface area contributed by atoms with Crippen molar-refractivity contribution in [2.75, 3.05) is 0 Å². The average Bonchev–Trinajstić information content (AvgIpc) is 2.48. The Balaban J connectivity index is 2.36. The Hall–Kier alpha value is -1.09. The number of carbonyl (C=O) groups excluding carboxylic acids is 1. The summed E-state index contributed by atoms with van der Waals surface area (Å²) < 4.78 is 2.30. The maximum atomic E-state index is 12.4. The van der Waals surface area contributed by atoms with Crippen molar-refractivity contribution in [3.8, 4) is 0 Å². The fourth-order valence-electron chi connectivity index (χ4n) is 3.51. The van der Waals surface area contributed by atoms with Crippen molar-refractivity contribution in [1.82, 2.24) is 4.57 Å². The molecule has 2 atom stereocenters. The first kappa shape index (κ1) is 14.3. The average molecular weight is 275 g/mol. The van der Waals surface area contributed by atoms with Gasteiger partial charge < -0.3 is 4.57 Å². The smallest absolute Gasteiger partial charge is 0.220 e. The van der Waals surface area contributed by atoms with E-state index in [1.165, 1.54) is 23.7 Å². The molecule has 3 heteroatoms. The fraction of sp³-hybridized carbons (Fsp3) is 0.562. The summed E-state index contributed by atoms with van der Waals surface area (Å²) in [4.78, 5) is 12.4. The highest BCUT2D eigenvalue weighted by Crippen LogP contribution is 2.46. The molecule has 0 radical (unpaired) electrons. The number of nitrogens with zero attached hydrogens (tertiary/aromatic N) is 1. The molecule has 0 N–H and O–H groups in total. The SMILES string of the molecule is CC[Si](CC)(CC)N1C(=O)[C@H](C)[C@@H]1c1ccccc1. The highest BCUT2D eigenvalue weighted by Gasteiger charge is 2.53. The third kappa shape index (κ3) is 2.14. The van der Waals surface area contributed by atoms with E-state index in [0.29, 0.717) is 11.9 Å². The van der Waals surface area contributed by atoms with Crippen LogP contribution in [0.2, 0.25) is 18.1 Å². The lowest BCUT2D eigenvalue weighted by Crippen LogP contribution is -2.66. The Morgan fingerprint density at radius 3 is 2.05 bits per heavy atom. The monoisotopic (exact) mass is 275 g/mol. The van der Waals surface area contributed by atoms with Gasteiger partial charge in [0.2, 0.25) is 5.91 Å². The minimum Gasteiger partial charge on any atom is -0.361 e. The van der Waals surface area contributed by atoms with Crippen LogP contribution < -0.4 is 0 Å². The first-order chi connectivity index (χ1) is 9.11. The third-order valence-corrected chi connectivity index (χ3v) is 10.5. The highest BCUT2D eigenvalue weighted by atomic mass is 28.3. The minimum atomic E-state index is -1.60. The molecule has 1 heterocycles. The molecule has 0 aliphatic carbocycles. The van der Waals surface area contributed by atoms with Crippen molar-refractivity contribution >= 4 is 14.1 Å². The Morgan fingerprint density at radius 2 is 1.58 bits per heavy atom. The quantitative estimate of drug-likeness (QED) is 0.582. The van der Waals surface area contributed by atoms with Crippen LogP contribution in [-0.4, -0.2) is 18.7 Å². The van der Waals surface area contributed by atoms with Gasteiger partial charge in [0, 0.05) is 0 Å². The summed E-state index contributed by atoms with van der Waals surface area (Å²) in [5.74, 6) is 0.532. The number of benzene rings is 1. The van der Waals surface area contributed by atoms with Crippen molar-refractivity contribution in [3.05, 3.63) is 35.9 Å². The van der Waals surface area contributed by atoms with E-state index in [-0.39, 0.29) is 5.92 Å². The van der Waals surface area contributed by atoms with E-state index in [9.17, 15) is 4.79 Å². The predicted octanol–water partition coefficient (Wildman–Crippen LogP) is 4.21. The van der Waals surface area contributed by atoms with Gasteiger partial charge in [-0.3, -0.25) is 4.79 Å². The molecule has 1 fully saturated rings. The van der Waals surface area contributed by atoms with Crippen molar-refractivity contribution in [1.29, 1.82) is 0 Å². The molecule has 0 unspecified atom stereocenters. The summed E-state index contributed by atoms with van der Waals surface area (Å²) in [5, 5.41) is 0. The number of β-lactam (4-membered cyclic amide) rings is 1. The van der Waals surface area contributed by atoms with Crippen LogP contribution in [0.15, 0.2) is 30.3 Å². The first-order valence-electron chi connectivity index (χ1n) is 7.49. The van der Waals surface area contributed by atoms with Gasteiger partial charge in [-0.1, -0.05) is 58.0 Å². The van der Waals surface area contributed by atoms with Gasteiger partial charge in [0.1, 0.15) is 0 Å². The van der Waals surface area contributed by atoms with Gasteiger partial charge in [0.15, 0.2) is 8.24 Å². The van der Waals surface area contributed by atoms with E-state index >= 15 is 0 Å². The summed E-state index contributed by atoms with van der Waals surface area (Å²) in [5.41, 5.74) is 1.31. The molecule has 0 bridgehead atoms. The molecule has 1 aliphatic rings. The summed E-state index contributed by atoms with van der Waals surface area (Å²) in [6.07, 6.45) is 0. The fourth-order valence-corrected chi connectivity index (χ4v) is 7.67. The van der Waals surface area contributed by atoms with E-state index in [1.807, 2.05) is 6.07 Å². The zero-order valence-electron chi connectivity index (χ0n) is 12.5. The summed E-state index contributed by atoms with van der Waals surface area (Å²) in [7, 11) is -1.60. The maximum absolute atomic E-state index is 12.4. The zero-order chi connectivity index (χ0) is 14.0. The van der Waals surface area contributed by atoms with E-state index in [0.717, 1.165) is 0 Å².